The maximum absolute atomic E-state index is 0. The SMILES string of the molecule is [F-].[F-].[Ti+4].[Ti+4]. The summed E-state index contributed by atoms with van der Waals surface area (Å²) in [7, 11) is 0. The molecular weight excluding hydrogens is 134 g/mol. The van der Waals surface area contributed by atoms with Crippen LogP contribution in [0.15, 0.2) is 0 Å². The maximum atomic E-state index is 0. The smallest absolute Gasteiger partial charge is 1.00 e. The molecule has 0 nitrogen and oxygen atoms in total. The Morgan fingerprint density at radius 1 is 0.500 bits per heavy atom. The Labute approximate surface area is 52.8 Å². The Morgan fingerprint density at radius 3 is 0.500 bits per heavy atom. The number of rotatable bonds is 0. The summed E-state index contributed by atoms with van der Waals surface area (Å²) in [6, 6.07) is 0. The molecule has 0 amide bonds. The van der Waals surface area contributed by atoms with Gasteiger partial charge in [-0.1, -0.05) is 0 Å². The summed E-state index contributed by atoms with van der Waals surface area (Å²) in [5.41, 5.74) is 0. The molecule has 0 N–H and O–H groups in total. The molecule has 0 aliphatic rings. The Morgan fingerprint density at radius 2 is 0.500 bits per heavy atom. The third kappa shape index (κ3) is 10.4. The largest absolute Gasteiger partial charge is 4.00 e. The molecule has 0 aromatic rings. The van der Waals surface area contributed by atoms with Crippen molar-refractivity contribution in [3.63, 3.8) is 0 Å². The van der Waals surface area contributed by atoms with Crippen LogP contribution in [-0.4, -0.2) is 0 Å². The summed E-state index contributed by atoms with van der Waals surface area (Å²) in [6.07, 6.45) is 0. The van der Waals surface area contributed by atoms with Crippen molar-refractivity contribution in [3.8, 4) is 0 Å². The zero-order chi connectivity index (χ0) is 0. The molecule has 0 heterocycles. The second-order valence-corrected chi connectivity index (χ2v) is 0. The third-order valence-electron chi connectivity index (χ3n) is 0. The Bertz CT molecular complexity index is 4.00. The van der Waals surface area contributed by atoms with Crippen molar-refractivity contribution in [3.05, 3.63) is 0 Å². The molecule has 4 heteroatoms. The second-order valence-electron chi connectivity index (χ2n) is 0. The molecule has 16 valence electrons. The molecule has 0 spiro atoms. The van der Waals surface area contributed by atoms with E-state index in [4.69, 9.17) is 0 Å². The molecule has 0 aliphatic carbocycles. The molecule has 0 aliphatic heterocycles. The van der Waals surface area contributed by atoms with E-state index in [0.717, 1.165) is 0 Å². The van der Waals surface area contributed by atoms with E-state index >= 15 is 0 Å². The first-order chi connectivity index (χ1) is 0. The van der Waals surface area contributed by atoms with Crippen LogP contribution in [0.5, 0.6) is 0 Å². The van der Waals surface area contributed by atoms with E-state index in [0.29, 0.717) is 0 Å². The van der Waals surface area contributed by atoms with Gasteiger partial charge in [0.25, 0.3) is 0 Å². The molecule has 0 saturated heterocycles. The van der Waals surface area contributed by atoms with Crippen LogP contribution >= 0.6 is 0 Å². The predicted octanol–water partition coefficient (Wildman–Crippen LogP) is -6.00. The third-order valence-corrected chi connectivity index (χ3v) is 0. The molecular formula is F2Ti2+6. The Balaban J connectivity index is 0. The van der Waals surface area contributed by atoms with Crippen molar-refractivity contribution in [1.29, 1.82) is 0 Å². The van der Waals surface area contributed by atoms with Crippen molar-refractivity contribution >= 4 is 0 Å². The van der Waals surface area contributed by atoms with Crippen molar-refractivity contribution < 1.29 is 52.8 Å². The molecule has 0 unspecified atom stereocenters. The van der Waals surface area contributed by atoms with E-state index < -0.39 is 0 Å². The van der Waals surface area contributed by atoms with Gasteiger partial charge in [-0.3, -0.25) is 0 Å². The molecule has 0 rings (SSSR count). The fraction of sp³-hybridized carbons (Fsp3) is 0. The van der Waals surface area contributed by atoms with Crippen LogP contribution in [-0.2, 0) is 43.4 Å². The van der Waals surface area contributed by atoms with Crippen LogP contribution in [0.25, 0.3) is 0 Å². The molecule has 0 aromatic heterocycles. The van der Waals surface area contributed by atoms with Gasteiger partial charge >= 0.3 is 43.4 Å². The van der Waals surface area contributed by atoms with Gasteiger partial charge in [-0.15, -0.1) is 0 Å². The van der Waals surface area contributed by atoms with Gasteiger partial charge < -0.3 is 9.41 Å². The monoisotopic (exact) mass is 134 g/mol. The van der Waals surface area contributed by atoms with E-state index in [9.17, 15) is 0 Å². The molecule has 4 heavy (non-hydrogen) atoms. The molecule has 0 aromatic carbocycles. The molecule has 0 bridgehead atoms. The zero-order valence-electron chi connectivity index (χ0n) is 1.76. The van der Waals surface area contributed by atoms with Gasteiger partial charge in [0.1, 0.15) is 0 Å². The van der Waals surface area contributed by atoms with Crippen LogP contribution < -0.4 is 9.41 Å². The number of halogens is 2. The van der Waals surface area contributed by atoms with Gasteiger partial charge in [-0.25, -0.2) is 0 Å². The summed E-state index contributed by atoms with van der Waals surface area (Å²) in [4.78, 5) is 0. The van der Waals surface area contributed by atoms with E-state index in [-0.39, 0.29) is 52.8 Å². The summed E-state index contributed by atoms with van der Waals surface area (Å²) in [5, 5.41) is 0. The summed E-state index contributed by atoms with van der Waals surface area (Å²) in [5.74, 6) is 0. The fourth-order valence-corrected chi connectivity index (χ4v) is 0. The molecule has 0 radical (unpaired) electrons. The molecule has 0 saturated carbocycles. The van der Waals surface area contributed by atoms with Crippen LogP contribution in [0.2, 0.25) is 0 Å². The van der Waals surface area contributed by atoms with Crippen LogP contribution in [0.3, 0.4) is 0 Å². The summed E-state index contributed by atoms with van der Waals surface area (Å²) >= 11 is 0. The quantitative estimate of drug-likeness (QED) is 0.289. The van der Waals surface area contributed by atoms with Gasteiger partial charge in [0.05, 0.1) is 0 Å². The Hall–Kier alpha value is 1.29. The van der Waals surface area contributed by atoms with Crippen molar-refractivity contribution in [2.75, 3.05) is 0 Å². The van der Waals surface area contributed by atoms with E-state index in [1.165, 1.54) is 0 Å². The normalized spacial score (nSPS) is 0. The second kappa shape index (κ2) is 27.9. The molecule has 0 fully saturated rings. The van der Waals surface area contributed by atoms with E-state index in [1.54, 1.807) is 0 Å². The number of hydrogen-bond acceptors (Lipinski definition) is 0. The summed E-state index contributed by atoms with van der Waals surface area (Å²) in [6.45, 7) is 0. The summed E-state index contributed by atoms with van der Waals surface area (Å²) < 4.78 is 0. The minimum absolute atomic E-state index is 0. The minimum Gasteiger partial charge on any atom is -1.00 e. The standard InChI is InChI=1S/2FH.2Ti/h2*1H;;/q;;2*+4/p-2. The van der Waals surface area contributed by atoms with Crippen molar-refractivity contribution in [2.24, 2.45) is 0 Å². The zero-order valence-corrected chi connectivity index (χ0v) is 4.88. The number of hydrogen-bond donors (Lipinski definition) is 0. The fourth-order valence-electron chi connectivity index (χ4n) is 0. The van der Waals surface area contributed by atoms with Crippen LogP contribution in [0.1, 0.15) is 0 Å². The van der Waals surface area contributed by atoms with Gasteiger partial charge in [-0.2, -0.15) is 0 Å². The van der Waals surface area contributed by atoms with Gasteiger partial charge in [0.15, 0.2) is 0 Å². The van der Waals surface area contributed by atoms with Crippen LogP contribution in [0.4, 0.5) is 0 Å². The maximum Gasteiger partial charge on any atom is 4.00 e. The average Bonchev–Trinajstić information content (AvgIpc) is 0. The topological polar surface area (TPSA) is 0 Å². The first-order valence-electron chi connectivity index (χ1n) is 0. The average molecular weight is 134 g/mol. The van der Waals surface area contributed by atoms with E-state index in [1.807, 2.05) is 0 Å². The van der Waals surface area contributed by atoms with Crippen molar-refractivity contribution in [2.45, 2.75) is 0 Å². The Kier molecular flexibility index (Phi) is 409. The first kappa shape index (κ1) is 58.6. The van der Waals surface area contributed by atoms with Gasteiger partial charge in [0, 0.05) is 0 Å². The minimum atomic E-state index is 0. The van der Waals surface area contributed by atoms with Gasteiger partial charge in [0.2, 0.25) is 0 Å². The predicted molar refractivity (Wildman–Crippen MR) is 0 cm³/mol. The molecule has 0 atom stereocenters. The van der Waals surface area contributed by atoms with Crippen LogP contribution in [0, 0.1) is 0 Å². The van der Waals surface area contributed by atoms with Crippen molar-refractivity contribution in [1.82, 2.24) is 0 Å². The van der Waals surface area contributed by atoms with Gasteiger partial charge in [-0.05, 0) is 0 Å². The van der Waals surface area contributed by atoms with E-state index in [2.05, 4.69) is 0 Å². The first-order valence-corrected chi connectivity index (χ1v) is 0.